The lowest BCUT2D eigenvalue weighted by molar-refractivity contribution is 0.354. The van der Waals surface area contributed by atoms with Gasteiger partial charge in [0.15, 0.2) is 17.5 Å². The third-order valence-electron chi connectivity index (χ3n) is 3.90. The normalized spacial score (nSPS) is 12.1. The number of hydrogen-bond acceptors (Lipinski definition) is 4. The summed E-state index contributed by atoms with van der Waals surface area (Å²) in [5, 5.41) is 11.0. The molecule has 2 rings (SSSR count). The fourth-order valence-electron chi connectivity index (χ4n) is 2.41. The van der Waals surface area contributed by atoms with Crippen molar-refractivity contribution in [2.75, 3.05) is 27.3 Å². The molecule has 1 aromatic carbocycles. The third-order valence-corrected chi connectivity index (χ3v) is 4.60. The zero-order chi connectivity index (χ0) is 18.1. The second-order valence-corrected chi connectivity index (χ2v) is 6.50. The lowest BCUT2D eigenvalue weighted by Crippen LogP contribution is -2.39. The van der Waals surface area contributed by atoms with E-state index in [1.54, 1.807) is 25.6 Å². The van der Waals surface area contributed by atoms with Crippen molar-refractivity contribution < 1.29 is 9.47 Å². The van der Waals surface area contributed by atoms with E-state index in [9.17, 15) is 0 Å². The average molecular weight is 489 g/mol. The van der Waals surface area contributed by atoms with Gasteiger partial charge in [0.25, 0.3) is 0 Å². The Morgan fingerprint density at radius 1 is 1.15 bits per heavy atom. The van der Waals surface area contributed by atoms with Crippen molar-refractivity contribution >= 4 is 41.3 Å². The first-order valence-electron chi connectivity index (χ1n) is 8.43. The summed E-state index contributed by atoms with van der Waals surface area (Å²) >= 11 is 1.73. The van der Waals surface area contributed by atoms with Crippen LogP contribution in [-0.4, -0.2) is 33.3 Å². The van der Waals surface area contributed by atoms with Crippen LogP contribution in [0.5, 0.6) is 11.5 Å². The van der Waals surface area contributed by atoms with Crippen molar-refractivity contribution in [2.24, 2.45) is 4.99 Å². The van der Waals surface area contributed by atoms with Gasteiger partial charge in [0.2, 0.25) is 0 Å². The summed E-state index contributed by atoms with van der Waals surface area (Å²) in [6.45, 7) is 6.52. The van der Waals surface area contributed by atoms with Gasteiger partial charge < -0.3 is 20.1 Å². The first kappa shape index (κ1) is 22.6. The van der Waals surface area contributed by atoms with Crippen molar-refractivity contribution in [3.8, 4) is 11.5 Å². The van der Waals surface area contributed by atoms with Crippen LogP contribution in [-0.2, 0) is 6.54 Å². The number of thiophene rings is 1. The zero-order valence-electron chi connectivity index (χ0n) is 15.7. The predicted molar refractivity (Wildman–Crippen MR) is 121 cm³/mol. The standard InChI is InChI=1S/C19H27N3O2S.HI/c1-5-20-19(21-11-14(2)16-8-9-25-13-16)22-12-15-6-7-17(23-3)18(10-15)24-4;/h6-10,13-14H,5,11-12H2,1-4H3,(H2,20,21,22);1H. The number of ether oxygens (including phenoxy) is 2. The van der Waals surface area contributed by atoms with Crippen molar-refractivity contribution in [1.29, 1.82) is 0 Å². The smallest absolute Gasteiger partial charge is 0.191 e. The summed E-state index contributed by atoms with van der Waals surface area (Å²) < 4.78 is 10.6. The molecule has 0 aliphatic rings. The highest BCUT2D eigenvalue weighted by Crippen LogP contribution is 2.27. The summed E-state index contributed by atoms with van der Waals surface area (Å²) in [5.41, 5.74) is 2.42. The Morgan fingerprint density at radius 2 is 1.92 bits per heavy atom. The molecule has 0 radical (unpaired) electrons. The molecule has 0 saturated heterocycles. The summed E-state index contributed by atoms with van der Waals surface area (Å²) in [5.74, 6) is 2.71. The molecule has 0 amide bonds. The van der Waals surface area contributed by atoms with Gasteiger partial charge in [-0.1, -0.05) is 13.0 Å². The van der Waals surface area contributed by atoms with E-state index in [1.165, 1.54) is 5.56 Å². The van der Waals surface area contributed by atoms with Crippen LogP contribution in [0.25, 0.3) is 0 Å². The molecule has 1 heterocycles. The molecule has 2 N–H and O–H groups in total. The summed E-state index contributed by atoms with van der Waals surface area (Å²) in [6, 6.07) is 8.04. The number of halogens is 1. The Morgan fingerprint density at radius 3 is 2.54 bits per heavy atom. The van der Waals surface area contributed by atoms with E-state index in [1.807, 2.05) is 18.2 Å². The highest BCUT2D eigenvalue weighted by molar-refractivity contribution is 14.0. The maximum Gasteiger partial charge on any atom is 0.191 e. The minimum absolute atomic E-state index is 0. The fraction of sp³-hybridized carbons (Fsp3) is 0.421. The molecule has 2 aromatic rings. The maximum atomic E-state index is 5.35. The van der Waals surface area contributed by atoms with Crippen molar-refractivity contribution in [1.82, 2.24) is 10.6 Å². The Hall–Kier alpha value is -1.48. The number of nitrogens with zero attached hydrogens (tertiary/aromatic N) is 1. The Balaban J connectivity index is 0.00000338. The van der Waals surface area contributed by atoms with Crippen LogP contribution < -0.4 is 20.1 Å². The predicted octanol–water partition coefficient (Wildman–Crippen LogP) is 4.24. The van der Waals surface area contributed by atoms with Gasteiger partial charge in [-0.05, 0) is 52.9 Å². The van der Waals surface area contributed by atoms with Crippen LogP contribution >= 0.6 is 35.3 Å². The Bertz CT molecular complexity index is 677. The monoisotopic (exact) mass is 489 g/mol. The second kappa shape index (κ2) is 12.0. The van der Waals surface area contributed by atoms with E-state index in [0.717, 1.165) is 36.1 Å². The number of nitrogens with one attached hydrogen (secondary N) is 2. The molecule has 0 saturated carbocycles. The number of methoxy groups -OCH3 is 2. The molecular weight excluding hydrogens is 461 g/mol. The summed E-state index contributed by atoms with van der Waals surface area (Å²) in [6.07, 6.45) is 0. The highest BCUT2D eigenvalue weighted by atomic mass is 127. The van der Waals surface area contributed by atoms with E-state index in [0.29, 0.717) is 12.5 Å². The molecule has 0 bridgehead atoms. The molecule has 5 nitrogen and oxygen atoms in total. The zero-order valence-corrected chi connectivity index (χ0v) is 18.9. The van der Waals surface area contributed by atoms with Crippen molar-refractivity contribution in [3.63, 3.8) is 0 Å². The average Bonchev–Trinajstić information content (AvgIpc) is 3.18. The second-order valence-electron chi connectivity index (χ2n) is 5.72. The molecule has 0 aliphatic heterocycles. The van der Waals surface area contributed by atoms with Gasteiger partial charge in [-0.2, -0.15) is 11.3 Å². The molecular formula is C19H28IN3O2S. The van der Waals surface area contributed by atoms with E-state index in [2.05, 4.69) is 46.3 Å². The quantitative estimate of drug-likeness (QED) is 0.331. The number of guanidine groups is 1. The van der Waals surface area contributed by atoms with Gasteiger partial charge in [-0.3, -0.25) is 0 Å². The van der Waals surface area contributed by atoms with Crippen LogP contribution in [0, 0.1) is 0 Å². The lowest BCUT2D eigenvalue weighted by atomic mass is 10.1. The molecule has 1 aromatic heterocycles. The van der Waals surface area contributed by atoms with Gasteiger partial charge in [-0.25, -0.2) is 4.99 Å². The molecule has 144 valence electrons. The van der Waals surface area contributed by atoms with Crippen LogP contribution in [0.4, 0.5) is 0 Å². The van der Waals surface area contributed by atoms with E-state index >= 15 is 0 Å². The first-order valence-corrected chi connectivity index (χ1v) is 9.37. The minimum Gasteiger partial charge on any atom is -0.493 e. The van der Waals surface area contributed by atoms with Gasteiger partial charge in [-0.15, -0.1) is 24.0 Å². The van der Waals surface area contributed by atoms with E-state index in [-0.39, 0.29) is 24.0 Å². The van der Waals surface area contributed by atoms with E-state index < -0.39 is 0 Å². The van der Waals surface area contributed by atoms with Crippen LogP contribution in [0.2, 0.25) is 0 Å². The van der Waals surface area contributed by atoms with E-state index in [4.69, 9.17) is 9.47 Å². The minimum atomic E-state index is 0. The fourth-order valence-corrected chi connectivity index (χ4v) is 3.20. The lowest BCUT2D eigenvalue weighted by Gasteiger charge is -2.15. The SMILES string of the molecule is CCNC(=NCc1ccc(OC)c(OC)c1)NCC(C)c1ccsc1.I. The third kappa shape index (κ3) is 6.68. The van der Waals surface area contributed by atoms with Crippen LogP contribution in [0.3, 0.4) is 0 Å². The number of hydrogen-bond donors (Lipinski definition) is 2. The van der Waals surface area contributed by atoms with Gasteiger partial charge in [0.05, 0.1) is 20.8 Å². The topological polar surface area (TPSA) is 54.9 Å². The molecule has 7 heteroatoms. The molecule has 1 atom stereocenters. The number of benzene rings is 1. The Labute approximate surface area is 177 Å². The molecule has 26 heavy (non-hydrogen) atoms. The van der Waals surface area contributed by atoms with Crippen LogP contribution in [0.1, 0.15) is 30.9 Å². The molecule has 0 spiro atoms. The van der Waals surface area contributed by atoms with Crippen LogP contribution in [0.15, 0.2) is 40.0 Å². The van der Waals surface area contributed by atoms with Gasteiger partial charge in [0.1, 0.15) is 0 Å². The highest BCUT2D eigenvalue weighted by Gasteiger charge is 2.08. The summed E-state index contributed by atoms with van der Waals surface area (Å²) in [4.78, 5) is 4.67. The van der Waals surface area contributed by atoms with Gasteiger partial charge in [0, 0.05) is 13.1 Å². The Kier molecular flexibility index (Phi) is 10.4. The van der Waals surface area contributed by atoms with Gasteiger partial charge >= 0.3 is 0 Å². The van der Waals surface area contributed by atoms with Crippen molar-refractivity contribution in [3.05, 3.63) is 46.2 Å². The molecule has 0 aliphatic carbocycles. The number of aliphatic imine (C=N–C) groups is 1. The number of rotatable bonds is 8. The first-order chi connectivity index (χ1) is 12.2. The largest absolute Gasteiger partial charge is 0.493 e. The maximum absolute atomic E-state index is 5.35. The molecule has 1 unspecified atom stereocenters. The van der Waals surface area contributed by atoms with Crippen molar-refractivity contribution in [2.45, 2.75) is 26.3 Å². The molecule has 0 fully saturated rings. The summed E-state index contributed by atoms with van der Waals surface area (Å²) in [7, 11) is 3.28.